The first-order valence-electron chi connectivity index (χ1n) is 10.6. The van der Waals surface area contributed by atoms with E-state index in [1.807, 2.05) is 49.5 Å². The molecule has 33 heavy (non-hydrogen) atoms. The molecule has 0 bridgehead atoms. The minimum Gasteiger partial charge on any atom is -0.487 e. The Balaban J connectivity index is 1.24. The molecule has 5 aromatic rings. The van der Waals surface area contributed by atoms with E-state index in [0.29, 0.717) is 30.6 Å². The van der Waals surface area contributed by atoms with Crippen LogP contribution in [0.5, 0.6) is 5.75 Å². The molecule has 0 atom stereocenters. The maximum atomic E-state index is 5.92. The summed E-state index contributed by atoms with van der Waals surface area (Å²) in [5, 5.41) is 12.5. The van der Waals surface area contributed by atoms with Crippen molar-refractivity contribution in [2.75, 3.05) is 0 Å². The summed E-state index contributed by atoms with van der Waals surface area (Å²) < 4.78 is 13.2. The Morgan fingerprint density at radius 3 is 2.67 bits per heavy atom. The monoisotopic (exact) mass is 438 g/mol. The zero-order valence-electron chi connectivity index (χ0n) is 18.3. The van der Waals surface area contributed by atoms with Crippen LogP contribution in [-0.2, 0) is 13.2 Å². The number of nitrogens with zero attached hydrogens (tertiary/aromatic N) is 6. The van der Waals surface area contributed by atoms with Crippen molar-refractivity contribution in [3.8, 4) is 28.6 Å². The number of ether oxygens (including phenoxy) is 1. The molecular weight excluding hydrogens is 416 g/mol. The average molecular weight is 438 g/mol. The standard InChI is InChI=1S/C25H22N6O2/c1-17-6-9-19(10-7-17)14-31-15-22(28-30-31)16-32-23-5-3-4-20(12-23)25-27-24(29-33-25)21-11-8-18(2)26-13-21/h3-13,15H,14,16H2,1-2H3. The van der Waals surface area contributed by atoms with Crippen molar-refractivity contribution >= 4 is 0 Å². The Hall–Kier alpha value is -4.33. The van der Waals surface area contributed by atoms with Crippen LogP contribution in [0.4, 0.5) is 0 Å². The van der Waals surface area contributed by atoms with Gasteiger partial charge in [0.25, 0.3) is 5.89 Å². The fourth-order valence-corrected chi connectivity index (χ4v) is 3.30. The van der Waals surface area contributed by atoms with Gasteiger partial charge in [0.2, 0.25) is 5.82 Å². The minimum atomic E-state index is 0.307. The van der Waals surface area contributed by atoms with Gasteiger partial charge in [-0.2, -0.15) is 4.98 Å². The number of hydrogen-bond acceptors (Lipinski definition) is 7. The molecule has 5 rings (SSSR count). The molecular formula is C25H22N6O2. The Morgan fingerprint density at radius 1 is 0.970 bits per heavy atom. The molecule has 0 saturated heterocycles. The topological polar surface area (TPSA) is 91.8 Å². The molecule has 3 aromatic heterocycles. The molecule has 0 amide bonds. The fraction of sp³-hybridized carbons (Fsp3) is 0.160. The van der Waals surface area contributed by atoms with Gasteiger partial charge in [-0.3, -0.25) is 4.98 Å². The summed E-state index contributed by atoms with van der Waals surface area (Å²) in [5.74, 6) is 1.59. The van der Waals surface area contributed by atoms with Crippen molar-refractivity contribution in [1.29, 1.82) is 0 Å². The van der Waals surface area contributed by atoms with Crippen LogP contribution in [0.15, 0.2) is 77.6 Å². The molecule has 0 aliphatic carbocycles. The summed E-state index contributed by atoms with van der Waals surface area (Å²) in [6.07, 6.45) is 3.62. The van der Waals surface area contributed by atoms with Crippen LogP contribution in [-0.4, -0.2) is 30.1 Å². The number of pyridine rings is 1. The number of benzene rings is 2. The molecule has 8 heteroatoms. The zero-order valence-corrected chi connectivity index (χ0v) is 18.3. The molecule has 0 unspecified atom stereocenters. The highest BCUT2D eigenvalue weighted by molar-refractivity contribution is 5.60. The van der Waals surface area contributed by atoms with E-state index in [1.165, 1.54) is 11.1 Å². The summed E-state index contributed by atoms with van der Waals surface area (Å²) in [5.41, 5.74) is 5.66. The van der Waals surface area contributed by atoms with E-state index < -0.39 is 0 Å². The van der Waals surface area contributed by atoms with Gasteiger partial charge in [0.1, 0.15) is 18.1 Å². The van der Waals surface area contributed by atoms with Crippen LogP contribution >= 0.6 is 0 Å². The SMILES string of the molecule is Cc1ccc(Cn2cc(COc3cccc(-c4nc(-c5ccc(C)nc5)no4)c3)nn2)cc1. The lowest BCUT2D eigenvalue weighted by Crippen LogP contribution is -2.00. The second kappa shape index (κ2) is 9.04. The molecule has 8 nitrogen and oxygen atoms in total. The Kier molecular flexibility index (Phi) is 5.63. The summed E-state index contributed by atoms with van der Waals surface area (Å²) in [6.45, 7) is 4.98. The van der Waals surface area contributed by atoms with Crippen molar-refractivity contribution in [2.24, 2.45) is 0 Å². The lowest BCUT2D eigenvalue weighted by Gasteiger charge is -2.04. The number of hydrogen-bond donors (Lipinski definition) is 0. The molecule has 0 aliphatic heterocycles. The first-order chi connectivity index (χ1) is 16.1. The second-order valence-corrected chi connectivity index (χ2v) is 7.82. The van der Waals surface area contributed by atoms with E-state index in [-0.39, 0.29) is 0 Å². The first-order valence-corrected chi connectivity index (χ1v) is 10.6. The van der Waals surface area contributed by atoms with Gasteiger partial charge in [-0.1, -0.05) is 46.3 Å². The van der Waals surface area contributed by atoms with Crippen LogP contribution in [0.25, 0.3) is 22.8 Å². The quantitative estimate of drug-likeness (QED) is 0.366. The van der Waals surface area contributed by atoms with Crippen LogP contribution < -0.4 is 4.74 Å². The van der Waals surface area contributed by atoms with Gasteiger partial charge in [0, 0.05) is 23.0 Å². The highest BCUT2D eigenvalue weighted by Gasteiger charge is 2.12. The van der Waals surface area contributed by atoms with Crippen molar-refractivity contribution in [3.05, 3.63) is 95.6 Å². The van der Waals surface area contributed by atoms with Crippen molar-refractivity contribution in [1.82, 2.24) is 30.1 Å². The van der Waals surface area contributed by atoms with E-state index in [2.05, 4.69) is 56.6 Å². The number of aromatic nitrogens is 6. The van der Waals surface area contributed by atoms with Crippen molar-refractivity contribution < 1.29 is 9.26 Å². The normalized spacial score (nSPS) is 11.0. The predicted molar refractivity (Wildman–Crippen MR) is 122 cm³/mol. The van der Waals surface area contributed by atoms with Gasteiger partial charge >= 0.3 is 0 Å². The van der Waals surface area contributed by atoms with E-state index in [9.17, 15) is 0 Å². The van der Waals surface area contributed by atoms with Crippen molar-refractivity contribution in [3.63, 3.8) is 0 Å². The summed E-state index contributed by atoms with van der Waals surface area (Å²) in [7, 11) is 0. The van der Waals surface area contributed by atoms with Crippen LogP contribution in [0.3, 0.4) is 0 Å². The molecule has 0 saturated carbocycles. The smallest absolute Gasteiger partial charge is 0.258 e. The molecule has 2 aromatic carbocycles. The third kappa shape index (κ3) is 4.95. The zero-order chi connectivity index (χ0) is 22.6. The lowest BCUT2D eigenvalue weighted by atomic mass is 10.1. The van der Waals surface area contributed by atoms with Gasteiger partial charge in [-0.05, 0) is 49.7 Å². The summed E-state index contributed by atoms with van der Waals surface area (Å²) >= 11 is 0. The third-order valence-corrected chi connectivity index (χ3v) is 5.11. The fourth-order valence-electron chi connectivity index (χ4n) is 3.30. The van der Waals surface area contributed by atoms with E-state index in [4.69, 9.17) is 9.26 Å². The lowest BCUT2D eigenvalue weighted by molar-refractivity contribution is 0.301. The first kappa shape index (κ1) is 20.6. The number of rotatable bonds is 7. The van der Waals surface area contributed by atoms with Crippen LogP contribution in [0, 0.1) is 13.8 Å². The molecule has 3 heterocycles. The van der Waals surface area contributed by atoms with Gasteiger partial charge in [-0.15, -0.1) is 5.10 Å². The molecule has 0 radical (unpaired) electrons. The minimum absolute atomic E-state index is 0.307. The van der Waals surface area contributed by atoms with Gasteiger partial charge < -0.3 is 9.26 Å². The molecule has 0 spiro atoms. The maximum Gasteiger partial charge on any atom is 0.258 e. The van der Waals surface area contributed by atoms with Crippen LogP contribution in [0.2, 0.25) is 0 Å². The average Bonchev–Trinajstić information content (AvgIpc) is 3.50. The Morgan fingerprint density at radius 2 is 1.85 bits per heavy atom. The van der Waals surface area contributed by atoms with Gasteiger partial charge in [-0.25, -0.2) is 4.68 Å². The highest BCUT2D eigenvalue weighted by Crippen LogP contribution is 2.25. The molecule has 164 valence electrons. The molecule has 0 N–H and O–H groups in total. The largest absolute Gasteiger partial charge is 0.487 e. The van der Waals surface area contributed by atoms with Crippen molar-refractivity contribution in [2.45, 2.75) is 27.0 Å². The Bertz CT molecular complexity index is 1360. The summed E-state index contributed by atoms with van der Waals surface area (Å²) in [6, 6.07) is 19.7. The summed E-state index contributed by atoms with van der Waals surface area (Å²) in [4.78, 5) is 8.77. The number of aryl methyl sites for hydroxylation is 2. The highest BCUT2D eigenvalue weighted by atomic mass is 16.5. The second-order valence-electron chi connectivity index (χ2n) is 7.82. The van der Waals surface area contributed by atoms with E-state index >= 15 is 0 Å². The molecule has 0 fully saturated rings. The van der Waals surface area contributed by atoms with E-state index in [0.717, 1.165) is 22.5 Å². The molecule has 0 aliphatic rings. The van der Waals surface area contributed by atoms with Crippen LogP contribution in [0.1, 0.15) is 22.5 Å². The third-order valence-electron chi connectivity index (χ3n) is 5.11. The van der Waals surface area contributed by atoms with Gasteiger partial charge in [0.15, 0.2) is 0 Å². The van der Waals surface area contributed by atoms with Gasteiger partial charge in [0.05, 0.1) is 12.7 Å². The predicted octanol–water partition coefficient (Wildman–Crippen LogP) is 4.63. The Labute approximate surface area is 190 Å². The van der Waals surface area contributed by atoms with E-state index in [1.54, 1.807) is 10.9 Å². The maximum absolute atomic E-state index is 5.92.